The van der Waals surface area contributed by atoms with E-state index in [1.165, 1.54) is 41.0 Å². The van der Waals surface area contributed by atoms with Crippen LogP contribution in [0.3, 0.4) is 0 Å². The maximum atomic E-state index is 13.4. The molecule has 1 N–H and O–H groups in total. The van der Waals surface area contributed by atoms with Crippen molar-refractivity contribution in [3.05, 3.63) is 105 Å². The van der Waals surface area contributed by atoms with Crippen LogP contribution >= 0.6 is 0 Å². The minimum absolute atomic E-state index is 0.0322. The lowest BCUT2D eigenvalue weighted by atomic mass is 10.1. The van der Waals surface area contributed by atoms with E-state index in [0.29, 0.717) is 15.6 Å². The van der Waals surface area contributed by atoms with Crippen molar-refractivity contribution in [2.75, 3.05) is 6.61 Å². The maximum absolute atomic E-state index is 13.4. The van der Waals surface area contributed by atoms with Crippen LogP contribution in [0, 0.1) is 0 Å². The summed E-state index contributed by atoms with van der Waals surface area (Å²) < 4.78 is 44.8. The van der Waals surface area contributed by atoms with Crippen LogP contribution in [-0.4, -0.2) is 33.0 Å². The average Bonchev–Trinajstić information content (AvgIpc) is 2.82. The molecule has 7 nitrogen and oxygen atoms in total. The van der Waals surface area contributed by atoms with Crippen LogP contribution in [0.2, 0.25) is 0 Å². The molecule has 4 rings (SSSR count). The highest BCUT2D eigenvalue weighted by atomic mass is 19.4. The summed E-state index contributed by atoms with van der Waals surface area (Å²) in [4.78, 5) is 38.3. The first-order chi connectivity index (χ1) is 16.2. The van der Waals surface area contributed by atoms with Crippen LogP contribution in [0.4, 0.5) is 13.2 Å². The van der Waals surface area contributed by atoms with Gasteiger partial charge in [0, 0.05) is 5.56 Å². The summed E-state index contributed by atoms with van der Waals surface area (Å²) in [5, 5.41) is 9.12. The smallest absolute Gasteiger partial charge is 0.404 e. The largest absolute Gasteiger partial charge is 0.573 e. The predicted octanol–water partition coefficient (Wildman–Crippen LogP) is 3.27. The molecule has 0 amide bonds. The Morgan fingerprint density at radius 3 is 2.24 bits per heavy atom. The summed E-state index contributed by atoms with van der Waals surface area (Å²) >= 11 is 0. The molecule has 0 unspecified atom stereocenters. The first-order valence-electron chi connectivity index (χ1n) is 10.0. The van der Waals surface area contributed by atoms with E-state index in [1.807, 2.05) is 0 Å². The van der Waals surface area contributed by atoms with Gasteiger partial charge in [0.05, 0.1) is 23.1 Å². The van der Waals surface area contributed by atoms with Gasteiger partial charge in [0.1, 0.15) is 6.61 Å². The Balaban J connectivity index is 1.91. The Bertz CT molecular complexity index is 1490. The van der Waals surface area contributed by atoms with E-state index < -0.39 is 35.8 Å². The van der Waals surface area contributed by atoms with E-state index in [-0.39, 0.29) is 23.2 Å². The Morgan fingerprint density at radius 1 is 0.912 bits per heavy atom. The van der Waals surface area contributed by atoms with Crippen LogP contribution in [-0.2, 0) is 6.54 Å². The number of carbonyl (C=O) groups is 1. The van der Waals surface area contributed by atoms with Crippen molar-refractivity contribution in [2.24, 2.45) is 0 Å². The highest BCUT2D eigenvalue weighted by Crippen LogP contribution is 2.28. The molecule has 0 saturated heterocycles. The molecular formula is C24H17F3N2O5. The number of alkyl halides is 3. The van der Waals surface area contributed by atoms with Gasteiger partial charge in [0.15, 0.2) is 11.5 Å². The van der Waals surface area contributed by atoms with Crippen molar-refractivity contribution in [1.29, 1.82) is 0 Å². The zero-order valence-electron chi connectivity index (χ0n) is 17.5. The van der Waals surface area contributed by atoms with Crippen molar-refractivity contribution < 1.29 is 27.8 Å². The molecule has 0 bridgehead atoms. The van der Waals surface area contributed by atoms with Gasteiger partial charge in [-0.15, -0.1) is 13.2 Å². The molecule has 0 spiro atoms. The van der Waals surface area contributed by atoms with Gasteiger partial charge < -0.3 is 9.84 Å². The van der Waals surface area contributed by atoms with Crippen LogP contribution in [0.15, 0.2) is 82.4 Å². The van der Waals surface area contributed by atoms with Gasteiger partial charge in [-0.3, -0.25) is 14.2 Å². The van der Waals surface area contributed by atoms with Crippen molar-refractivity contribution in [1.82, 2.24) is 9.13 Å². The van der Waals surface area contributed by atoms with Crippen LogP contribution in [0.5, 0.6) is 5.75 Å². The average molecular weight is 470 g/mol. The number of rotatable bonds is 6. The third-order valence-electron chi connectivity index (χ3n) is 5.14. The molecule has 10 heteroatoms. The molecule has 0 aliphatic rings. The van der Waals surface area contributed by atoms with Crippen molar-refractivity contribution in [2.45, 2.75) is 12.9 Å². The standard InChI is InChI=1S/C24H17F3N2O5/c25-24(26,27)34-21-8-4-3-7-19(21)29-22(32)17-5-1-2-6-18(17)28(23(29)33)13-15-9-11-16(12-10-15)20(31)14-30/h1-12,30H,13-14H2. The molecule has 0 atom stereocenters. The van der Waals surface area contributed by atoms with E-state index in [1.54, 1.807) is 30.3 Å². The molecule has 1 aromatic heterocycles. The SMILES string of the molecule is O=C(CO)c1ccc(Cn2c(=O)n(-c3ccccc3OC(F)(F)F)c(=O)c3ccccc32)cc1. The number of para-hydroxylation sites is 3. The van der Waals surface area contributed by atoms with Crippen LogP contribution < -0.4 is 16.0 Å². The number of halogens is 3. The summed E-state index contributed by atoms with van der Waals surface area (Å²) in [5.41, 5.74) is -0.841. The molecule has 1 heterocycles. The van der Waals surface area contributed by atoms with Crippen LogP contribution in [0.25, 0.3) is 16.6 Å². The fourth-order valence-electron chi connectivity index (χ4n) is 3.61. The van der Waals surface area contributed by atoms with E-state index >= 15 is 0 Å². The lowest BCUT2D eigenvalue weighted by molar-refractivity contribution is -0.274. The minimum Gasteiger partial charge on any atom is -0.404 e. The van der Waals surface area contributed by atoms with Crippen molar-refractivity contribution >= 4 is 16.7 Å². The molecule has 34 heavy (non-hydrogen) atoms. The number of ether oxygens (including phenoxy) is 1. The predicted molar refractivity (Wildman–Crippen MR) is 117 cm³/mol. The maximum Gasteiger partial charge on any atom is 0.573 e. The zero-order chi connectivity index (χ0) is 24.5. The zero-order valence-corrected chi connectivity index (χ0v) is 17.5. The van der Waals surface area contributed by atoms with Gasteiger partial charge >= 0.3 is 12.1 Å². The second-order valence-corrected chi connectivity index (χ2v) is 7.32. The van der Waals surface area contributed by atoms with E-state index in [2.05, 4.69) is 4.74 Å². The third kappa shape index (κ3) is 4.48. The Morgan fingerprint density at radius 2 is 1.56 bits per heavy atom. The summed E-state index contributed by atoms with van der Waals surface area (Å²) in [7, 11) is 0. The van der Waals surface area contributed by atoms with Crippen molar-refractivity contribution in [3.8, 4) is 11.4 Å². The van der Waals surface area contributed by atoms with Gasteiger partial charge in [-0.2, -0.15) is 0 Å². The number of aliphatic hydroxyl groups excluding tert-OH is 1. The number of Topliss-reactive ketones (excluding diaryl/α,β-unsaturated/α-hetero) is 1. The lowest BCUT2D eigenvalue weighted by Gasteiger charge is -2.17. The van der Waals surface area contributed by atoms with Gasteiger partial charge in [-0.25, -0.2) is 9.36 Å². The monoisotopic (exact) mass is 470 g/mol. The summed E-state index contributed by atoms with van der Waals surface area (Å²) in [5.74, 6) is -1.16. The molecule has 0 fully saturated rings. The summed E-state index contributed by atoms with van der Waals surface area (Å²) in [6.07, 6.45) is -5.02. The van der Waals surface area contributed by atoms with E-state index in [0.717, 1.165) is 6.07 Å². The van der Waals surface area contributed by atoms with Crippen molar-refractivity contribution in [3.63, 3.8) is 0 Å². The second-order valence-electron chi connectivity index (χ2n) is 7.32. The number of carbonyl (C=O) groups excluding carboxylic acids is 1. The number of aliphatic hydroxyl groups is 1. The molecule has 0 radical (unpaired) electrons. The number of ketones is 1. The molecule has 0 aliphatic heterocycles. The normalized spacial score (nSPS) is 11.5. The quantitative estimate of drug-likeness (QED) is 0.437. The fourth-order valence-corrected chi connectivity index (χ4v) is 3.61. The highest BCUT2D eigenvalue weighted by molar-refractivity contribution is 5.96. The molecule has 174 valence electrons. The number of hydrogen-bond donors (Lipinski definition) is 1. The van der Waals surface area contributed by atoms with E-state index in [4.69, 9.17) is 5.11 Å². The highest BCUT2D eigenvalue weighted by Gasteiger charge is 2.32. The van der Waals surface area contributed by atoms with Gasteiger partial charge in [0.2, 0.25) is 0 Å². The Labute approximate surface area is 189 Å². The molecule has 0 aliphatic carbocycles. The molecule has 4 aromatic rings. The van der Waals surface area contributed by atoms with E-state index in [9.17, 15) is 27.6 Å². The van der Waals surface area contributed by atoms with Gasteiger partial charge in [-0.05, 0) is 29.8 Å². The number of nitrogens with zero attached hydrogens (tertiary/aromatic N) is 2. The third-order valence-corrected chi connectivity index (χ3v) is 5.14. The minimum atomic E-state index is -5.02. The number of hydrogen-bond acceptors (Lipinski definition) is 5. The molecule has 0 saturated carbocycles. The summed E-state index contributed by atoms with van der Waals surface area (Å²) in [6, 6.07) is 17.3. The van der Waals surface area contributed by atoms with Gasteiger partial charge in [-0.1, -0.05) is 48.5 Å². The fraction of sp³-hybridized carbons (Fsp3) is 0.125. The van der Waals surface area contributed by atoms with Crippen LogP contribution in [0.1, 0.15) is 15.9 Å². The topological polar surface area (TPSA) is 90.5 Å². The van der Waals surface area contributed by atoms with Gasteiger partial charge in [0.25, 0.3) is 5.56 Å². The molecule has 3 aromatic carbocycles. The number of fused-ring (bicyclic) bond motifs is 1. The lowest BCUT2D eigenvalue weighted by Crippen LogP contribution is -2.39. The first-order valence-corrected chi connectivity index (χ1v) is 10.0. The Kier molecular flexibility index (Phi) is 6.08. The number of aromatic nitrogens is 2. The second kappa shape index (κ2) is 8.99. The summed E-state index contributed by atoms with van der Waals surface area (Å²) in [6.45, 7) is -0.677. The molecular weight excluding hydrogens is 453 g/mol. The first kappa shape index (κ1) is 23.0. The number of benzene rings is 3. The Hall–Kier alpha value is -4.18.